The molecule has 0 aliphatic rings. The van der Waals surface area contributed by atoms with E-state index in [2.05, 4.69) is 15.5 Å². The highest BCUT2D eigenvalue weighted by Crippen LogP contribution is 2.29. The third-order valence-corrected chi connectivity index (χ3v) is 3.37. The molecule has 8 heteroatoms. The molecule has 128 valence electrons. The lowest BCUT2D eigenvalue weighted by Gasteiger charge is -2.09. The molecule has 5 nitrogen and oxygen atoms in total. The summed E-state index contributed by atoms with van der Waals surface area (Å²) in [5, 5.41) is 6.32. The molecule has 1 aromatic heterocycles. The predicted octanol–water partition coefficient (Wildman–Crippen LogP) is 4.32. The van der Waals surface area contributed by atoms with Gasteiger partial charge in [-0.05, 0) is 49.4 Å². The van der Waals surface area contributed by atoms with Crippen LogP contribution in [0, 0.1) is 6.92 Å². The molecule has 3 rings (SSSR count). The second-order valence-electron chi connectivity index (χ2n) is 5.26. The smallest absolute Gasteiger partial charge is 0.334 e. The van der Waals surface area contributed by atoms with Gasteiger partial charge in [0.2, 0.25) is 0 Å². The van der Waals surface area contributed by atoms with Gasteiger partial charge in [0, 0.05) is 16.8 Å². The summed E-state index contributed by atoms with van der Waals surface area (Å²) in [4.78, 5) is 16.3. The van der Waals surface area contributed by atoms with Crippen molar-refractivity contribution in [3.05, 3.63) is 65.5 Å². The predicted molar refractivity (Wildman–Crippen MR) is 83.9 cm³/mol. The van der Waals surface area contributed by atoms with Crippen molar-refractivity contribution >= 4 is 11.6 Å². The Hall–Kier alpha value is -3.16. The number of nitrogens with one attached hydrogen (secondary N) is 1. The van der Waals surface area contributed by atoms with Crippen LogP contribution in [0.2, 0.25) is 0 Å². The summed E-state index contributed by atoms with van der Waals surface area (Å²) in [6.07, 6.45) is -4.44. The molecule has 2 aromatic carbocycles. The summed E-state index contributed by atoms with van der Waals surface area (Å²) < 4.78 is 42.7. The highest BCUT2D eigenvalue weighted by molar-refractivity contribution is 6.04. The van der Waals surface area contributed by atoms with Crippen LogP contribution in [0.15, 0.2) is 53.1 Å². The number of aromatic nitrogens is 2. The second-order valence-corrected chi connectivity index (χ2v) is 5.26. The number of aryl methyl sites for hydroxylation is 1. The van der Waals surface area contributed by atoms with E-state index in [1.165, 1.54) is 0 Å². The zero-order valence-corrected chi connectivity index (χ0v) is 13.0. The molecule has 1 heterocycles. The molecule has 0 saturated carbocycles. The second kappa shape index (κ2) is 6.39. The van der Waals surface area contributed by atoms with Gasteiger partial charge in [0.1, 0.15) is 0 Å². The fraction of sp³-hybridized carbons (Fsp3) is 0.118. The number of anilines is 1. The van der Waals surface area contributed by atoms with Crippen LogP contribution in [-0.2, 0) is 6.18 Å². The van der Waals surface area contributed by atoms with Gasteiger partial charge in [-0.2, -0.15) is 18.2 Å². The van der Waals surface area contributed by atoms with Crippen molar-refractivity contribution in [2.75, 3.05) is 5.32 Å². The first-order chi connectivity index (χ1) is 11.8. The van der Waals surface area contributed by atoms with Crippen LogP contribution in [0.1, 0.15) is 21.7 Å². The number of carbonyl (C=O) groups is 1. The van der Waals surface area contributed by atoms with E-state index in [-0.39, 0.29) is 5.56 Å². The number of hydrogen-bond donors (Lipinski definition) is 1. The average Bonchev–Trinajstić information content (AvgIpc) is 3.01. The Morgan fingerprint density at radius 3 is 2.44 bits per heavy atom. The first kappa shape index (κ1) is 16.7. The van der Waals surface area contributed by atoms with Gasteiger partial charge >= 0.3 is 6.18 Å². The quantitative estimate of drug-likeness (QED) is 0.766. The van der Waals surface area contributed by atoms with Gasteiger partial charge in [0.15, 0.2) is 5.82 Å². The van der Waals surface area contributed by atoms with E-state index in [1.54, 1.807) is 31.2 Å². The number of hydrogen-bond acceptors (Lipinski definition) is 4. The Balaban J connectivity index is 1.77. The first-order valence-corrected chi connectivity index (χ1v) is 7.22. The highest BCUT2D eigenvalue weighted by atomic mass is 19.4. The number of nitrogens with zero attached hydrogens (tertiary/aromatic N) is 2. The van der Waals surface area contributed by atoms with E-state index in [0.717, 1.165) is 24.3 Å². The van der Waals surface area contributed by atoms with Crippen LogP contribution in [-0.4, -0.2) is 16.0 Å². The van der Waals surface area contributed by atoms with Crippen molar-refractivity contribution in [1.29, 1.82) is 0 Å². The first-order valence-electron chi connectivity index (χ1n) is 7.22. The van der Waals surface area contributed by atoms with Crippen molar-refractivity contribution < 1.29 is 22.5 Å². The van der Waals surface area contributed by atoms with Crippen LogP contribution in [0.25, 0.3) is 11.5 Å². The summed E-state index contributed by atoms with van der Waals surface area (Å²) in [7, 11) is 0. The standard InChI is InChI=1S/C17H12F3N3O2/c1-10-21-16(25-23-10)12-3-2-4-14(9-12)22-15(24)11-5-7-13(8-6-11)17(18,19)20/h2-9H,1H3,(H,22,24). The van der Waals surface area contributed by atoms with E-state index >= 15 is 0 Å². The van der Waals surface area contributed by atoms with Gasteiger partial charge in [0.05, 0.1) is 5.56 Å². The summed E-state index contributed by atoms with van der Waals surface area (Å²) in [6, 6.07) is 10.7. The molecule has 0 atom stereocenters. The van der Waals surface area contributed by atoms with Gasteiger partial charge < -0.3 is 9.84 Å². The molecule has 1 amide bonds. The Labute approximate surface area is 140 Å². The van der Waals surface area contributed by atoms with Gasteiger partial charge in [-0.3, -0.25) is 4.79 Å². The van der Waals surface area contributed by atoms with Crippen LogP contribution >= 0.6 is 0 Å². The van der Waals surface area contributed by atoms with Crippen molar-refractivity contribution in [3.63, 3.8) is 0 Å². The van der Waals surface area contributed by atoms with Crippen molar-refractivity contribution in [2.24, 2.45) is 0 Å². The van der Waals surface area contributed by atoms with Crippen LogP contribution in [0.4, 0.5) is 18.9 Å². The van der Waals surface area contributed by atoms with Crippen LogP contribution in [0.5, 0.6) is 0 Å². The minimum absolute atomic E-state index is 0.118. The molecule has 0 fully saturated rings. The Kier molecular flexibility index (Phi) is 4.26. The number of carbonyl (C=O) groups excluding carboxylic acids is 1. The average molecular weight is 347 g/mol. The molecule has 0 aliphatic heterocycles. The van der Waals surface area contributed by atoms with E-state index in [1.807, 2.05) is 0 Å². The Bertz CT molecular complexity index is 902. The maximum atomic E-state index is 12.6. The van der Waals surface area contributed by atoms with Crippen molar-refractivity contribution in [2.45, 2.75) is 13.1 Å². The SMILES string of the molecule is Cc1noc(-c2cccc(NC(=O)c3ccc(C(F)(F)F)cc3)c2)n1. The molecule has 3 aromatic rings. The largest absolute Gasteiger partial charge is 0.416 e. The molecule has 1 N–H and O–H groups in total. The molecule has 0 bridgehead atoms. The molecule has 0 spiro atoms. The fourth-order valence-corrected chi connectivity index (χ4v) is 2.16. The Morgan fingerprint density at radius 2 is 1.84 bits per heavy atom. The number of benzene rings is 2. The number of halogens is 3. The molecule has 25 heavy (non-hydrogen) atoms. The van der Waals surface area contributed by atoms with E-state index in [0.29, 0.717) is 23.0 Å². The summed E-state index contributed by atoms with van der Waals surface area (Å²) in [5.41, 5.74) is 0.383. The third-order valence-electron chi connectivity index (χ3n) is 3.37. The topological polar surface area (TPSA) is 68.0 Å². The zero-order valence-electron chi connectivity index (χ0n) is 13.0. The lowest BCUT2D eigenvalue weighted by molar-refractivity contribution is -0.137. The highest BCUT2D eigenvalue weighted by Gasteiger charge is 2.30. The number of amides is 1. The van der Waals surface area contributed by atoms with Crippen LogP contribution < -0.4 is 5.32 Å². The van der Waals surface area contributed by atoms with E-state index in [9.17, 15) is 18.0 Å². The minimum atomic E-state index is -4.44. The lowest BCUT2D eigenvalue weighted by Crippen LogP contribution is -2.12. The van der Waals surface area contributed by atoms with Crippen LogP contribution in [0.3, 0.4) is 0 Å². The summed E-state index contributed by atoms with van der Waals surface area (Å²) in [5.74, 6) is 0.268. The molecular formula is C17H12F3N3O2. The van der Waals surface area contributed by atoms with Crippen molar-refractivity contribution in [3.8, 4) is 11.5 Å². The van der Waals surface area contributed by atoms with Gasteiger partial charge in [0.25, 0.3) is 11.8 Å². The fourth-order valence-electron chi connectivity index (χ4n) is 2.16. The van der Waals surface area contributed by atoms with E-state index < -0.39 is 17.6 Å². The molecule has 0 saturated heterocycles. The number of rotatable bonds is 3. The summed E-state index contributed by atoms with van der Waals surface area (Å²) >= 11 is 0. The molecular weight excluding hydrogens is 335 g/mol. The maximum absolute atomic E-state index is 12.6. The minimum Gasteiger partial charge on any atom is -0.334 e. The normalized spacial score (nSPS) is 11.4. The molecule has 0 radical (unpaired) electrons. The monoisotopic (exact) mass is 347 g/mol. The van der Waals surface area contributed by atoms with E-state index in [4.69, 9.17) is 4.52 Å². The maximum Gasteiger partial charge on any atom is 0.416 e. The molecule has 0 aliphatic carbocycles. The number of alkyl halides is 3. The lowest BCUT2D eigenvalue weighted by atomic mass is 10.1. The van der Waals surface area contributed by atoms with Gasteiger partial charge in [-0.15, -0.1) is 0 Å². The Morgan fingerprint density at radius 1 is 1.12 bits per heavy atom. The van der Waals surface area contributed by atoms with Crippen molar-refractivity contribution in [1.82, 2.24) is 10.1 Å². The summed E-state index contributed by atoms with van der Waals surface area (Å²) in [6.45, 7) is 1.68. The van der Waals surface area contributed by atoms with Gasteiger partial charge in [-0.25, -0.2) is 0 Å². The van der Waals surface area contributed by atoms with Gasteiger partial charge in [-0.1, -0.05) is 11.2 Å². The zero-order chi connectivity index (χ0) is 18.0. The third kappa shape index (κ3) is 3.85. The molecule has 0 unspecified atom stereocenters.